The summed E-state index contributed by atoms with van der Waals surface area (Å²) >= 11 is 0. The first kappa shape index (κ1) is 18.8. The van der Waals surface area contributed by atoms with Crippen molar-refractivity contribution in [3.05, 3.63) is 54.1 Å². The summed E-state index contributed by atoms with van der Waals surface area (Å²) in [7, 11) is -3.46. The average Bonchev–Trinajstić information content (AvgIpc) is 2.56. The number of nitrogens with one attached hydrogen (secondary N) is 2. The highest BCUT2D eigenvalue weighted by Gasteiger charge is 2.14. The van der Waals surface area contributed by atoms with Gasteiger partial charge in [-0.25, -0.2) is 8.42 Å². The van der Waals surface area contributed by atoms with Gasteiger partial charge in [0.2, 0.25) is 10.0 Å². The Bertz CT molecular complexity index is 829. The number of benzene rings is 2. The molecule has 0 saturated carbocycles. The van der Waals surface area contributed by atoms with Crippen molar-refractivity contribution >= 4 is 33.0 Å². The minimum absolute atomic E-state index is 0.252. The molecule has 6 nitrogen and oxygen atoms in total. The number of carbonyl (C=O) groups excluding carboxylic acids is 1. The maximum Gasteiger partial charge on any atom is 0.257 e. The third-order valence-electron chi connectivity index (χ3n) is 3.72. The Morgan fingerprint density at radius 1 is 1.00 bits per heavy atom. The number of hydrogen-bond donors (Lipinski definition) is 2. The molecule has 134 valence electrons. The van der Waals surface area contributed by atoms with Gasteiger partial charge in [-0.1, -0.05) is 12.1 Å². The van der Waals surface area contributed by atoms with Gasteiger partial charge in [0.25, 0.3) is 5.91 Å². The summed E-state index contributed by atoms with van der Waals surface area (Å²) in [6.07, 6.45) is 1.05. The lowest BCUT2D eigenvalue weighted by Crippen LogP contribution is -2.21. The molecule has 1 amide bonds. The quantitative estimate of drug-likeness (QED) is 0.794. The topological polar surface area (TPSA) is 78.5 Å². The van der Waals surface area contributed by atoms with Crippen LogP contribution in [0.15, 0.2) is 48.5 Å². The first-order chi connectivity index (χ1) is 11.8. The van der Waals surface area contributed by atoms with Crippen molar-refractivity contribution in [2.75, 3.05) is 34.3 Å². The van der Waals surface area contributed by atoms with E-state index in [2.05, 4.69) is 28.8 Å². The van der Waals surface area contributed by atoms with E-state index >= 15 is 0 Å². The van der Waals surface area contributed by atoms with E-state index in [-0.39, 0.29) is 17.2 Å². The van der Waals surface area contributed by atoms with Crippen molar-refractivity contribution < 1.29 is 13.2 Å². The zero-order chi connectivity index (χ0) is 18.4. The molecule has 7 heteroatoms. The second-order valence-electron chi connectivity index (χ2n) is 5.59. The summed E-state index contributed by atoms with van der Waals surface area (Å²) in [5, 5.41) is 2.79. The van der Waals surface area contributed by atoms with Crippen molar-refractivity contribution in [2.24, 2.45) is 0 Å². The molecule has 0 fully saturated rings. The summed E-state index contributed by atoms with van der Waals surface area (Å²) in [6.45, 7) is 6.00. The molecular weight excluding hydrogens is 338 g/mol. The number of nitrogens with zero attached hydrogens (tertiary/aromatic N) is 1. The molecule has 2 aromatic rings. The molecule has 0 saturated heterocycles. The van der Waals surface area contributed by atoms with Crippen LogP contribution in [0.4, 0.5) is 17.1 Å². The zero-order valence-electron chi connectivity index (χ0n) is 14.6. The van der Waals surface area contributed by atoms with Crippen LogP contribution in [-0.2, 0) is 10.0 Å². The monoisotopic (exact) mass is 361 g/mol. The zero-order valence-corrected chi connectivity index (χ0v) is 15.4. The third kappa shape index (κ3) is 5.22. The first-order valence-corrected chi connectivity index (χ1v) is 9.96. The molecule has 0 atom stereocenters. The number of carbonyl (C=O) groups is 1. The smallest absolute Gasteiger partial charge is 0.257 e. The van der Waals surface area contributed by atoms with E-state index < -0.39 is 10.0 Å². The van der Waals surface area contributed by atoms with E-state index in [1.54, 1.807) is 24.3 Å². The predicted molar refractivity (Wildman–Crippen MR) is 103 cm³/mol. The van der Waals surface area contributed by atoms with E-state index in [0.29, 0.717) is 5.69 Å². The first-order valence-electron chi connectivity index (χ1n) is 8.07. The normalized spacial score (nSPS) is 11.0. The second-order valence-corrected chi connectivity index (χ2v) is 7.34. The van der Waals surface area contributed by atoms with Crippen LogP contribution in [0.2, 0.25) is 0 Å². The van der Waals surface area contributed by atoms with Crippen LogP contribution in [0.5, 0.6) is 0 Å². The molecule has 0 spiro atoms. The molecule has 0 aromatic heterocycles. The van der Waals surface area contributed by atoms with Gasteiger partial charge >= 0.3 is 0 Å². The van der Waals surface area contributed by atoms with E-state index in [4.69, 9.17) is 0 Å². The molecule has 2 N–H and O–H groups in total. The number of para-hydroxylation sites is 1. The molecule has 2 aromatic carbocycles. The molecule has 0 heterocycles. The van der Waals surface area contributed by atoms with Crippen LogP contribution in [0.3, 0.4) is 0 Å². The molecule has 25 heavy (non-hydrogen) atoms. The number of hydrogen-bond acceptors (Lipinski definition) is 4. The summed E-state index contributed by atoms with van der Waals surface area (Å²) in [5.74, 6) is -0.373. The summed E-state index contributed by atoms with van der Waals surface area (Å²) in [4.78, 5) is 14.7. The number of sulfonamides is 1. The van der Waals surface area contributed by atoms with E-state index in [1.165, 1.54) is 0 Å². The van der Waals surface area contributed by atoms with Crippen LogP contribution in [0, 0.1) is 0 Å². The Kier molecular flexibility index (Phi) is 6.03. The van der Waals surface area contributed by atoms with Gasteiger partial charge in [-0.3, -0.25) is 9.52 Å². The Hall–Kier alpha value is -2.54. The maximum absolute atomic E-state index is 12.5. The van der Waals surface area contributed by atoms with Crippen molar-refractivity contribution in [1.82, 2.24) is 0 Å². The lowest BCUT2D eigenvalue weighted by atomic mass is 10.1. The van der Waals surface area contributed by atoms with Crippen molar-refractivity contribution in [3.63, 3.8) is 0 Å². The third-order valence-corrected chi connectivity index (χ3v) is 4.31. The summed E-state index contributed by atoms with van der Waals surface area (Å²) in [6, 6.07) is 14.0. The molecular formula is C18H23N3O3S. The Morgan fingerprint density at radius 2 is 1.60 bits per heavy atom. The van der Waals surface area contributed by atoms with Gasteiger partial charge in [0, 0.05) is 24.5 Å². The standard InChI is InChI=1S/C18H23N3O3S/c1-4-21(5-2)15-12-10-14(11-13-15)19-18(22)16-8-6-7-9-17(16)20-25(3,23)24/h6-13,20H,4-5H2,1-3H3,(H,19,22). The molecule has 0 unspecified atom stereocenters. The van der Waals surface area contributed by atoms with Gasteiger partial charge in [0.1, 0.15) is 0 Å². The summed E-state index contributed by atoms with van der Waals surface area (Å²) in [5.41, 5.74) is 2.25. The van der Waals surface area contributed by atoms with Crippen LogP contribution < -0.4 is 14.9 Å². The van der Waals surface area contributed by atoms with Crippen molar-refractivity contribution in [3.8, 4) is 0 Å². The van der Waals surface area contributed by atoms with E-state index in [9.17, 15) is 13.2 Å². The second kappa shape index (κ2) is 8.02. The van der Waals surface area contributed by atoms with Crippen LogP contribution in [0.25, 0.3) is 0 Å². The molecule has 2 rings (SSSR count). The number of amides is 1. The minimum Gasteiger partial charge on any atom is -0.372 e. The van der Waals surface area contributed by atoms with E-state index in [0.717, 1.165) is 25.0 Å². The van der Waals surface area contributed by atoms with Crippen molar-refractivity contribution in [2.45, 2.75) is 13.8 Å². The van der Waals surface area contributed by atoms with Gasteiger partial charge < -0.3 is 10.2 Å². The predicted octanol–water partition coefficient (Wildman–Crippen LogP) is 3.16. The fraction of sp³-hybridized carbons (Fsp3) is 0.278. The molecule has 0 aliphatic heterocycles. The minimum atomic E-state index is -3.46. The molecule has 0 aliphatic rings. The van der Waals surface area contributed by atoms with Gasteiger partial charge in [-0.05, 0) is 50.2 Å². The maximum atomic E-state index is 12.5. The molecule has 0 aliphatic carbocycles. The number of anilines is 3. The average molecular weight is 361 g/mol. The van der Waals surface area contributed by atoms with E-state index in [1.807, 2.05) is 24.3 Å². The SMILES string of the molecule is CCN(CC)c1ccc(NC(=O)c2ccccc2NS(C)(=O)=O)cc1. The fourth-order valence-corrected chi connectivity index (χ4v) is 3.09. The van der Waals surface area contributed by atoms with Crippen LogP contribution >= 0.6 is 0 Å². The summed E-state index contributed by atoms with van der Waals surface area (Å²) < 4.78 is 25.2. The Morgan fingerprint density at radius 3 is 2.16 bits per heavy atom. The van der Waals surface area contributed by atoms with Crippen molar-refractivity contribution in [1.29, 1.82) is 0 Å². The largest absolute Gasteiger partial charge is 0.372 e. The van der Waals surface area contributed by atoms with Gasteiger partial charge in [-0.15, -0.1) is 0 Å². The lowest BCUT2D eigenvalue weighted by molar-refractivity contribution is 0.102. The van der Waals surface area contributed by atoms with Gasteiger partial charge in [0.15, 0.2) is 0 Å². The Labute approximate surface area is 148 Å². The number of rotatable bonds is 7. The highest BCUT2D eigenvalue weighted by Crippen LogP contribution is 2.21. The highest BCUT2D eigenvalue weighted by atomic mass is 32.2. The van der Waals surface area contributed by atoms with Crippen LogP contribution in [-0.4, -0.2) is 33.7 Å². The van der Waals surface area contributed by atoms with Crippen LogP contribution in [0.1, 0.15) is 24.2 Å². The fourth-order valence-electron chi connectivity index (χ4n) is 2.51. The lowest BCUT2D eigenvalue weighted by Gasteiger charge is -2.21. The molecule has 0 radical (unpaired) electrons. The highest BCUT2D eigenvalue weighted by molar-refractivity contribution is 7.92. The molecule has 0 bridgehead atoms. The van der Waals surface area contributed by atoms with Gasteiger partial charge in [0.05, 0.1) is 17.5 Å². The van der Waals surface area contributed by atoms with Gasteiger partial charge in [-0.2, -0.15) is 0 Å². The Balaban J connectivity index is 2.18.